The minimum absolute atomic E-state index is 0.0232. The molecule has 4 nitrogen and oxygen atoms in total. The van der Waals surface area contributed by atoms with Gasteiger partial charge in [0.15, 0.2) is 5.69 Å². The van der Waals surface area contributed by atoms with Gasteiger partial charge in [0, 0.05) is 5.39 Å². The van der Waals surface area contributed by atoms with Gasteiger partial charge in [0.05, 0.1) is 16.8 Å². The van der Waals surface area contributed by atoms with Crippen LogP contribution in [-0.2, 0) is 6.18 Å². The second-order valence-corrected chi connectivity index (χ2v) is 4.62. The van der Waals surface area contributed by atoms with Crippen LogP contribution in [0.3, 0.4) is 0 Å². The zero-order chi connectivity index (χ0) is 15.7. The molecule has 1 aromatic heterocycles. The molecule has 0 aliphatic heterocycles. The number of azo groups is 1. The molecule has 1 heterocycles. The monoisotopic (exact) mass is 305 g/mol. The Morgan fingerprint density at radius 1 is 0.955 bits per heavy atom. The van der Waals surface area contributed by atoms with Gasteiger partial charge < -0.3 is 10.1 Å². The number of aromatic amines is 1. The number of H-pyrrole nitrogens is 1. The third kappa shape index (κ3) is 2.65. The summed E-state index contributed by atoms with van der Waals surface area (Å²) in [5.74, 6) is -0.325. The van der Waals surface area contributed by atoms with Crippen molar-refractivity contribution in [2.45, 2.75) is 6.18 Å². The molecule has 0 saturated heterocycles. The van der Waals surface area contributed by atoms with Crippen LogP contribution >= 0.6 is 0 Å². The van der Waals surface area contributed by atoms with E-state index in [0.29, 0.717) is 11.2 Å². The summed E-state index contributed by atoms with van der Waals surface area (Å²) in [4.78, 5) is 2.58. The van der Waals surface area contributed by atoms with Crippen LogP contribution in [0.15, 0.2) is 58.8 Å². The van der Waals surface area contributed by atoms with Crippen molar-refractivity contribution in [1.29, 1.82) is 0 Å². The van der Waals surface area contributed by atoms with Crippen LogP contribution in [0.5, 0.6) is 5.88 Å². The molecule has 0 radical (unpaired) electrons. The molecule has 0 saturated carbocycles. The highest BCUT2D eigenvalue weighted by Gasteiger charge is 2.31. The predicted molar refractivity (Wildman–Crippen MR) is 75.6 cm³/mol. The van der Waals surface area contributed by atoms with Crippen LogP contribution in [0.4, 0.5) is 24.5 Å². The number of hydrogen-bond donors (Lipinski definition) is 2. The fourth-order valence-corrected chi connectivity index (χ4v) is 2.04. The Balaban J connectivity index is 2.08. The van der Waals surface area contributed by atoms with Crippen LogP contribution in [0, 0.1) is 0 Å². The number of benzene rings is 2. The first-order valence-electron chi connectivity index (χ1n) is 6.34. The van der Waals surface area contributed by atoms with Crippen LogP contribution in [0.25, 0.3) is 10.9 Å². The number of halogens is 3. The average molecular weight is 305 g/mol. The summed E-state index contributed by atoms with van der Waals surface area (Å²) in [6.45, 7) is 0. The number of fused-ring (bicyclic) bond motifs is 1. The molecule has 0 aliphatic carbocycles. The molecule has 0 fully saturated rings. The zero-order valence-electron chi connectivity index (χ0n) is 11.1. The van der Waals surface area contributed by atoms with E-state index in [1.165, 1.54) is 6.07 Å². The predicted octanol–water partition coefficient (Wildman–Crippen LogP) is 5.31. The number of nitrogens with zero attached hydrogens (tertiary/aromatic N) is 2. The molecule has 0 atom stereocenters. The summed E-state index contributed by atoms with van der Waals surface area (Å²) in [7, 11) is 0. The first-order chi connectivity index (χ1) is 10.4. The fourth-order valence-electron chi connectivity index (χ4n) is 2.04. The Bertz CT molecular complexity index is 838. The molecule has 7 heteroatoms. The third-order valence-electron chi connectivity index (χ3n) is 3.10. The van der Waals surface area contributed by atoms with Crippen molar-refractivity contribution >= 4 is 22.3 Å². The van der Waals surface area contributed by atoms with E-state index < -0.39 is 11.7 Å². The minimum Gasteiger partial charge on any atom is -0.493 e. The lowest BCUT2D eigenvalue weighted by molar-refractivity contribution is -0.137. The SMILES string of the molecule is Oc1[nH]c2ccc(C(F)(F)F)cc2c1N=Nc1ccccc1. The molecular formula is C15H10F3N3O. The minimum atomic E-state index is -4.46. The summed E-state index contributed by atoms with van der Waals surface area (Å²) in [6.07, 6.45) is -4.46. The van der Waals surface area contributed by atoms with Crippen molar-refractivity contribution in [3.8, 4) is 5.88 Å². The van der Waals surface area contributed by atoms with Gasteiger partial charge in [0.1, 0.15) is 0 Å². The zero-order valence-corrected chi connectivity index (χ0v) is 11.1. The molecule has 2 N–H and O–H groups in total. The second kappa shape index (κ2) is 5.18. The lowest BCUT2D eigenvalue weighted by Crippen LogP contribution is -2.03. The molecule has 0 amide bonds. The third-order valence-corrected chi connectivity index (χ3v) is 3.10. The first-order valence-corrected chi connectivity index (χ1v) is 6.34. The summed E-state index contributed by atoms with van der Waals surface area (Å²) in [5, 5.41) is 17.8. The maximum absolute atomic E-state index is 12.8. The van der Waals surface area contributed by atoms with Crippen molar-refractivity contribution < 1.29 is 18.3 Å². The van der Waals surface area contributed by atoms with Gasteiger partial charge in [-0.25, -0.2) is 0 Å². The number of aromatic hydroxyl groups is 1. The van der Waals surface area contributed by atoms with E-state index in [2.05, 4.69) is 15.2 Å². The molecular weight excluding hydrogens is 295 g/mol. The van der Waals surface area contributed by atoms with Crippen molar-refractivity contribution in [3.05, 3.63) is 54.1 Å². The number of nitrogens with one attached hydrogen (secondary N) is 1. The number of hydrogen-bond acceptors (Lipinski definition) is 3. The molecule has 0 unspecified atom stereocenters. The van der Waals surface area contributed by atoms with Gasteiger partial charge in [-0.05, 0) is 30.3 Å². The Morgan fingerprint density at radius 2 is 1.68 bits per heavy atom. The van der Waals surface area contributed by atoms with Crippen LogP contribution < -0.4 is 0 Å². The second-order valence-electron chi connectivity index (χ2n) is 4.62. The Hall–Kier alpha value is -2.83. The lowest BCUT2D eigenvalue weighted by atomic mass is 10.1. The van der Waals surface area contributed by atoms with Gasteiger partial charge in [-0.2, -0.15) is 18.3 Å². The van der Waals surface area contributed by atoms with Gasteiger partial charge in [0.25, 0.3) is 0 Å². The number of aromatic nitrogens is 1. The summed E-state index contributed by atoms with van der Waals surface area (Å²) in [5.41, 5.74) is 0.0517. The highest BCUT2D eigenvalue weighted by atomic mass is 19.4. The van der Waals surface area contributed by atoms with Crippen LogP contribution in [-0.4, -0.2) is 10.1 Å². The quantitative estimate of drug-likeness (QED) is 0.619. The molecule has 0 bridgehead atoms. The summed E-state index contributed by atoms with van der Waals surface area (Å²) in [6, 6.07) is 11.8. The molecule has 0 aliphatic rings. The average Bonchev–Trinajstić information content (AvgIpc) is 2.80. The fraction of sp³-hybridized carbons (Fsp3) is 0.0667. The van der Waals surface area contributed by atoms with Gasteiger partial charge in [-0.1, -0.05) is 18.2 Å². The number of alkyl halides is 3. The topological polar surface area (TPSA) is 60.7 Å². The van der Waals surface area contributed by atoms with E-state index in [1.54, 1.807) is 30.3 Å². The van der Waals surface area contributed by atoms with E-state index in [-0.39, 0.29) is 17.0 Å². The first kappa shape index (κ1) is 14.1. The molecule has 3 rings (SSSR count). The van der Waals surface area contributed by atoms with Gasteiger partial charge in [0.2, 0.25) is 5.88 Å². The van der Waals surface area contributed by atoms with E-state index in [9.17, 15) is 18.3 Å². The molecule has 3 aromatic rings. The van der Waals surface area contributed by atoms with Crippen molar-refractivity contribution in [1.82, 2.24) is 4.98 Å². The number of rotatable bonds is 2. The van der Waals surface area contributed by atoms with E-state index >= 15 is 0 Å². The molecule has 22 heavy (non-hydrogen) atoms. The Morgan fingerprint density at radius 3 is 2.36 bits per heavy atom. The van der Waals surface area contributed by atoms with Crippen molar-refractivity contribution in [2.75, 3.05) is 0 Å². The highest BCUT2D eigenvalue weighted by molar-refractivity contribution is 5.94. The van der Waals surface area contributed by atoms with Crippen LogP contribution in [0.1, 0.15) is 5.56 Å². The van der Waals surface area contributed by atoms with Gasteiger partial charge in [-0.3, -0.25) is 0 Å². The molecule has 112 valence electrons. The van der Waals surface area contributed by atoms with Gasteiger partial charge in [-0.15, -0.1) is 5.11 Å². The van der Waals surface area contributed by atoms with Gasteiger partial charge >= 0.3 is 6.18 Å². The Labute approximate surface area is 122 Å². The maximum Gasteiger partial charge on any atom is 0.416 e. The smallest absolute Gasteiger partial charge is 0.416 e. The van der Waals surface area contributed by atoms with E-state index in [1.807, 2.05) is 0 Å². The van der Waals surface area contributed by atoms with E-state index in [0.717, 1.165) is 12.1 Å². The Kier molecular flexibility index (Phi) is 3.32. The van der Waals surface area contributed by atoms with Crippen LogP contribution in [0.2, 0.25) is 0 Å². The maximum atomic E-state index is 12.8. The van der Waals surface area contributed by atoms with Crippen molar-refractivity contribution in [3.63, 3.8) is 0 Å². The standard InChI is InChI=1S/C15H10F3N3O/c16-15(17,18)9-6-7-12-11(8-9)13(14(22)19-12)21-20-10-4-2-1-3-5-10/h1-8,19,22H. The molecule has 2 aromatic carbocycles. The molecule has 0 spiro atoms. The normalized spacial score (nSPS) is 12.3. The largest absolute Gasteiger partial charge is 0.493 e. The van der Waals surface area contributed by atoms with E-state index in [4.69, 9.17) is 0 Å². The summed E-state index contributed by atoms with van der Waals surface area (Å²) < 4.78 is 38.3. The highest BCUT2D eigenvalue weighted by Crippen LogP contribution is 2.39. The summed E-state index contributed by atoms with van der Waals surface area (Å²) >= 11 is 0. The van der Waals surface area contributed by atoms with Crippen molar-refractivity contribution in [2.24, 2.45) is 10.2 Å². The lowest BCUT2D eigenvalue weighted by Gasteiger charge is -2.05.